The van der Waals surface area contributed by atoms with Crippen molar-refractivity contribution in [2.24, 2.45) is 0 Å². The molecular weight excluding hydrogens is 430 g/mol. The molecule has 0 saturated heterocycles. The molecular formula is C22H25N5O4S. The van der Waals surface area contributed by atoms with E-state index in [2.05, 4.69) is 15.6 Å². The van der Waals surface area contributed by atoms with E-state index < -0.39 is 15.9 Å². The first-order valence-electron chi connectivity index (χ1n) is 9.88. The molecule has 0 unspecified atom stereocenters. The highest BCUT2D eigenvalue weighted by molar-refractivity contribution is 7.89. The van der Waals surface area contributed by atoms with Crippen LogP contribution in [0.15, 0.2) is 72.1 Å². The van der Waals surface area contributed by atoms with E-state index >= 15 is 0 Å². The number of carbonyl (C=O) groups excluding carboxylic acids is 2. The SMILES string of the molecule is CC(=O)Nc1ccc(S(=O)(=O)N(C)CC(=O)N[C@H](C)c2ccc(-n3ccnc3)cc2)cc1. The van der Waals surface area contributed by atoms with Gasteiger partial charge in [-0.1, -0.05) is 12.1 Å². The minimum absolute atomic E-state index is 0.0324. The molecule has 0 bridgehead atoms. The summed E-state index contributed by atoms with van der Waals surface area (Å²) in [6.45, 7) is 2.87. The molecule has 168 valence electrons. The first kappa shape index (κ1) is 23.2. The molecule has 3 aromatic rings. The van der Waals surface area contributed by atoms with Crippen molar-refractivity contribution >= 4 is 27.5 Å². The van der Waals surface area contributed by atoms with Gasteiger partial charge in [-0.2, -0.15) is 4.31 Å². The van der Waals surface area contributed by atoms with E-state index in [9.17, 15) is 18.0 Å². The van der Waals surface area contributed by atoms with Crippen molar-refractivity contribution < 1.29 is 18.0 Å². The third-order valence-electron chi connectivity index (χ3n) is 4.82. The molecule has 10 heteroatoms. The second-order valence-corrected chi connectivity index (χ2v) is 9.36. The average Bonchev–Trinajstić information content (AvgIpc) is 3.28. The number of hydrogen-bond donors (Lipinski definition) is 2. The van der Waals surface area contributed by atoms with Crippen molar-refractivity contribution in [3.05, 3.63) is 72.8 Å². The molecule has 0 aliphatic carbocycles. The number of aromatic nitrogens is 2. The van der Waals surface area contributed by atoms with Crippen LogP contribution in [0.2, 0.25) is 0 Å². The molecule has 1 aromatic heterocycles. The molecule has 0 aliphatic rings. The summed E-state index contributed by atoms with van der Waals surface area (Å²) >= 11 is 0. The minimum atomic E-state index is -3.86. The zero-order valence-electron chi connectivity index (χ0n) is 18.0. The van der Waals surface area contributed by atoms with Crippen molar-refractivity contribution in [1.82, 2.24) is 19.2 Å². The van der Waals surface area contributed by atoms with Crippen molar-refractivity contribution in [3.8, 4) is 5.69 Å². The fourth-order valence-electron chi connectivity index (χ4n) is 3.10. The summed E-state index contributed by atoms with van der Waals surface area (Å²) in [4.78, 5) is 27.6. The van der Waals surface area contributed by atoms with E-state index in [1.165, 1.54) is 38.2 Å². The maximum atomic E-state index is 12.8. The van der Waals surface area contributed by atoms with Gasteiger partial charge in [0, 0.05) is 37.7 Å². The zero-order valence-corrected chi connectivity index (χ0v) is 18.8. The number of likely N-dealkylation sites (N-methyl/N-ethyl adjacent to an activating group) is 1. The Bertz CT molecular complexity index is 1170. The van der Waals surface area contributed by atoms with Gasteiger partial charge < -0.3 is 15.2 Å². The van der Waals surface area contributed by atoms with E-state index in [0.717, 1.165) is 15.6 Å². The number of sulfonamides is 1. The molecule has 1 heterocycles. The predicted molar refractivity (Wildman–Crippen MR) is 121 cm³/mol. The van der Waals surface area contributed by atoms with Crippen LogP contribution in [0.25, 0.3) is 5.69 Å². The maximum Gasteiger partial charge on any atom is 0.243 e. The smallest absolute Gasteiger partial charge is 0.243 e. The van der Waals surface area contributed by atoms with E-state index in [1.807, 2.05) is 42.0 Å². The Kier molecular flexibility index (Phi) is 7.06. The molecule has 2 N–H and O–H groups in total. The van der Waals surface area contributed by atoms with Gasteiger partial charge in [-0.05, 0) is 48.9 Å². The number of rotatable bonds is 8. The number of amides is 2. The monoisotopic (exact) mass is 455 g/mol. The summed E-state index contributed by atoms with van der Waals surface area (Å²) in [6, 6.07) is 13.1. The average molecular weight is 456 g/mol. The van der Waals surface area contributed by atoms with E-state index in [1.54, 1.807) is 12.5 Å². The van der Waals surface area contributed by atoms with Crippen molar-refractivity contribution in [2.75, 3.05) is 18.9 Å². The van der Waals surface area contributed by atoms with Crippen LogP contribution in [0.4, 0.5) is 5.69 Å². The van der Waals surface area contributed by atoms with Gasteiger partial charge in [0.25, 0.3) is 0 Å². The maximum absolute atomic E-state index is 12.8. The summed E-state index contributed by atoms with van der Waals surface area (Å²) in [5.41, 5.74) is 2.33. The van der Waals surface area contributed by atoms with Crippen LogP contribution in [-0.2, 0) is 19.6 Å². The van der Waals surface area contributed by atoms with Gasteiger partial charge in [-0.15, -0.1) is 0 Å². The highest BCUT2D eigenvalue weighted by Crippen LogP contribution is 2.18. The molecule has 0 saturated carbocycles. The van der Waals surface area contributed by atoms with Gasteiger partial charge in [-0.25, -0.2) is 13.4 Å². The fraction of sp³-hybridized carbons (Fsp3) is 0.227. The molecule has 3 rings (SSSR count). The fourth-order valence-corrected chi connectivity index (χ4v) is 4.23. The lowest BCUT2D eigenvalue weighted by Crippen LogP contribution is -2.39. The Morgan fingerprint density at radius 2 is 1.75 bits per heavy atom. The number of nitrogens with one attached hydrogen (secondary N) is 2. The minimum Gasteiger partial charge on any atom is -0.348 e. The second kappa shape index (κ2) is 9.75. The lowest BCUT2D eigenvalue weighted by Gasteiger charge is -2.20. The van der Waals surface area contributed by atoms with Crippen LogP contribution in [0, 0.1) is 0 Å². The van der Waals surface area contributed by atoms with Gasteiger partial charge in [-0.3, -0.25) is 9.59 Å². The van der Waals surface area contributed by atoms with Crippen LogP contribution in [0.1, 0.15) is 25.5 Å². The summed E-state index contributed by atoms with van der Waals surface area (Å²) in [5, 5.41) is 5.40. The lowest BCUT2D eigenvalue weighted by molar-refractivity contribution is -0.121. The summed E-state index contributed by atoms with van der Waals surface area (Å²) < 4.78 is 28.4. The number of hydrogen-bond acceptors (Lipinski definition) is 5. The first-order valence-corrected chi connectivity index (χ1v) is 11.3. The third kappa shape index (κ3) is 5.59. The third-order valence-corrected chi connectivity index (χ3v) is 6.64. The van der Waals surface area contributed by atoms with Crippen LogP contribution in [0.3, 0.4) is 0 Å². The Morgan fingerprint density at radius 3 is 2.31 bits per heavy atom. The van der Waals surface area contributed by atoms with Gasteiger partial charge >= 0.3 is 0 Å². The number of imidazole rings is 1. The van der Waals surface area contributed by atoms with Gasteiger partial charge in [0.05, 0.1) is 23.8 Å². The molecule has 9 nitrogen and oxygen atoms in total. The van der Waals surface area contributed by atoms with Crippen LogP contribution in [-0.4, -0.2) is 47.7 Å². The van der Waals surface area contributed by atoms with Gasteiger partial charge in [0.2, 0.25) is 21.8 Å². The molecule has 2 amide bonds. The molecule has 0 aliphatic heterocycles. The van der Waals surface area contributed by atoms with Gasteiger partial charge in [0.1, 0.15) is 0 Å². The van der Waals surface area contributed by atoms with Crippen molar-refractivity contribution in [3.63, 3.8) is 0 Å². The predicted octanol–water partition coefficient (Wildman–Crippen LogP) is 2.33. The zero-order chi connectivity index (χ0) is 23.3. The molecule has 32 heavy (non-hydrogen) atoms. The van der Waals surface area contributed by atoms with E-state index in [0.29, 0.717) is 5.69 Å². The highest BCUT2D eigenvalue weighted by atomic mass is 32.2. The molecule has 2 aromatic carbocycles. The number of carbonyl (C=O) groups is 2. The topological polar surface area (TPSA) is 113 Å². The van der Waals surface area contributed by atoms with E-state index in [-0.39, 0.29) is 23.4 Å². The van der Waals surface area contributed by atoms with E-state index in [4.69, 9.17) is 0 Å². The normalized spacial score (nSPS) is 12.4. The van der Waals surface area contributed by atoms with Crippen LogP contribution in [0.5, 0.6) is 0 Å². The molecule has 1 atom stereocenters. The highest BCUT2D eigenvalue weighted by Gasteiger charge is 2.23. The number of anilines is 1. The summed E-state index contributed by atoms with van der Waals surface area (Å²) in [7, 11) is -2.51. The summed E-state index contributed by atoms with van der Waals surface area (Å²) in [6.07, 6.45) is 5.23. The Balaban J connectivity index is 1.60. The van der Waals surface area contributed by atoms with Crippen LogP contribution >= 0.6 is 0 Å². The standard InChI is InChI=1S/C22H25N5O4S/c1-16(18-4-8-20(9-5-18)27-13-12-23-15-27)24-22(29)14-26(3)32(30,31)21-10-6-19(7-11-21)25-17(2)28/h4-13,15-16H,14H2,1-3H3,(H,24,29)(H,25,28)/t16-/m1/s1. The van der Waals surface area contributed by atoms with Crippen molar-refractivity contribution in [1.29, 1.82) is 0 Å². The second-order valence-electron chi connectivity index (χ2n) is 7.32. The molecule has 0 radical (unpaired) electrons. The molecule has 0 fully saturated rings. The largest absolute Gasteiger partial charge is 0.348 e. The Labute approximate surface area is 187 Å². The quantitative estimate of drug-likeness (QED) is 0.541. The van der Waals surface area contributed by atoms with Crippen LogP contribution < -0.4 is 10.6 Å². The Hall–Kier alpha value is -3.50. The number of nitrogens with zero attached hydrogens (tertiary/aromatic N) is 3. The summed E-state index contributed by atoms with van der Waals surface area (Å²) in [5.74, 6) is -0.669. The molecule has 0 spiro atoms. The Morgan fingerprint density at radius 1 is 1.09 bits per heavy atom. The van der Waals surface area contributed by atoms with Crippen molar-refractivity contribution in [2.45, 2.75) is 24.8 Å². The lowest BCUT2D eigenvalue weighted by atomic mass is 10.1. The number of benzene rings is 2. The first-order chi connectivity index (χ1) is 15.2. The van der Waals surface area contributed by atoms with Gasteiger partial charge in [0.15, 0.2) is 0 Å².